The summed E-state index contributed by atoms with van der Waals surface area (Å²) < 4.78 is 15.7. The van der Waals surface area contributed by atoms with Crippen molar-refractivity contribution in [3.63, 3.8) is 0 Å². The van der Waals surface area contributed by atoms with E-state index in [2.05, 4.69) is 9.36 Å². The van der Waals surface area contributed by atoms with Gasteiger partial charge < -0.3 is 0 Å². The van der Waals surface area contributed by atoms with Crippen molar-refractivity contribution in [1.29, 1.82) is 0 Å². The van der Waals surface area contributed by atoms with E-state index in [9.17, 15) is 4.39 Å². The predicted molar refractivity (Wildman–Crippen MR) is 34.6 cm³/mol. The lowest BCUT2D eigenvalue weighted by molar-refractivity contribution is 0.445. The molecule has 0 N–H and O–H groups in total. The van der Waals surface area contributed by atoms with Crippen molar-refractivity contribution in [1.82, 2.24) is 9.36 Å². The molecule has 1 rings (SSSR count). The van der Waals surface area contributed by atoms with E-state index in [4.69, 9.17) is 23.2 Å². The first-order chi connectivity index (χ1) is 4.20. The summed E-state index contributed by atoms with van der Waals surface area (Å²) in [4.78, 5) is 3.48. The van der Waals surface area contributed by atoms with Gasteiger partial charge in [-0.3, -0.25) is 0 Å². The minimum absolute atomic E-state index is 0.0633. The first-order valence-electron chi connectivity index (χ1n) is 1.97. The number of nitrogens with zero attached hydrogens (tertiary/aromatic N) is 2. The average molecular weight is 187 g/mol. The molecular formula is C3HCl2FN2S. The van der Waals surface area contributed by atoms with Crippen LogP contribution in [0.3, 0.4) is 0 Å². The summed E-state index contributed by atoms with van der Waals surface area (Å²) in [5.41, 5.74) is -1.64. The van der Waals surface area contributed by atoms with Crippen molar-refractivity contribution < 1.29 is 4.39 Å². The number of hydrogen-bond donors (Lipinski definition) is 0. The molecule has 0 bridgehead atoms. The summed E-state index contributed by atoms with van der Waals surface area (Å²) in [5.74, 6) is -0.0633. The Morgan fingerprint density at radius 1 is 1.67 bits per heavy atom. The van der Waals surface area contributed by atoms with Crippen LogP contribution in [0.1, 0.15) is 11.5 Å². The highest BCUT2D eigenvalue weighted by Crippen LogP contribution is 2.21. The fraction of sp³-hybridized carbons (Fsp3) is 0.333. The lowest BCUT2D eigenvalue weighted by atomic mass is 10.7. The molecule has 1 atom stereocenters. The molecule has 0 spiro atoms. The lowest BCUT2D eigenvalue weighted by Gasteiger charge is -1.86. The summed E-state index contributed by atoms with van der Waals surface area (Å²) in [6, 6.07) is 0. The van der Waals surface area contributed by atoms with E-state index in [1.165, 1.54) is 0 Å². The fourth-order valence-corrected chi connectivity index (χ4v) is 1.09. The van der Waals surface area contributed by atoms with E-state index >= 15 is 0 Å². The van der Waals surface area contributed by atoms with Gasteiger partial charge in [-0.05, 0) is 23.1 Å². The third kappa shape index (κ3) is 1.74. The molecule has 0 aliphatic rings. The van der Waals surface area contributed by atoms with Crippen LogP contribution in [0.2, 0.25) is 4.47 Å². The molecule has 0 saturated heterocycles. The van der Waals surface area contributed by atoms with Gasteiger partial charge >= 0.3 is 0 Å². The number of hydrogen-bond acceptors (Lipinski definition) is 3. The Kier molecular flexibility index (Phi) is 2.21. The molecule has 1 heterocycles. The molecule has 0 aliphatic heterocycles. The molecule has 6 heteroatoms. The van der Waals surface area contributed by atoms with Crippen molar-refractivity contribution in [2.75, 3.05) is 0 Å². The van der Waals surface area contributed by atoms with Crippen molar-refractivity contribution in [3.8, 4) is 0 Å². The van der Waals surface area contributed by atoms with Crippen molar-refractivity contribution in [2.24, 2.45) is 0 Å². The Morgan fingerprint density at radius 2 is 2.33 bits per heavy atom. The third-order valence-corrected chi connectivity index (χ3v) is 1.62. The first kappa shape index (κ1) is 7.18. The Hall–Kier alpha value is 0.0700. The Morgan fingerprint density at radius 3 is 2.56 bits per heavy atom. The Labute approximate surface area is 64.8 Å². The zero-order chi connectivity index (χ0) is 6.85. The predicted octanol–water partition coefficient (Wildman–Crippen LogP) is 2.40. The minimum Gasteiger partial charge on any atom is -0.221 e. The summed E-state index contributed by atoms with van der Waals surface area (Å²) >= 11 is 11.2. The van der Waals surface area contributed by atoms with Gasteiger partial charge in [0.05, 0.1) is 0 Å². The van der Waals surface area contributed by atoms with E-state index in [1.807, 2.05) is 0 Å². The van der Waals surface area contributed by atoms with Gasteiger partial charge in [0.15, 0.2) is 5.82 Å². The van der Waals surface area contributed by atoms with Crippen molar-refractivity contribution in [3.05, 3.63) is 10.3 Å². The van der Waals surface area contributed by atoms with E-state index in [1.54, 1.807) is 0 Å². The second-order valence-electron chi connectivity index (χ2n) is 1.21. The van der Waals surface area contributed by atoms with E-state index in [0.29, 0.717) is 0 Å². The quantitative estimate of drug-likeness (QED) is 0.630. The van der Waals surface area contributed by atoms with Crippen LogP contribution in [0.25, 0.3) is 0 Å². The van der Waals surface area contributed by atoms with Gasteiger partial charge in [0, 0.05) is 0 Å². The zero-order valence-electron chi connectivity index (χ0n) is 4.01. The van der Waals surface area contributed by atoms with Crippen LogP contribution in [-0.4, -0.2) is 9.36 Å². The largest absolute Gasteiger partial charge is 0.233 e. The smallest absolute Gasteiger partial charge is 0.221 e. The van der Waals surface area contributed by atoms with E-state index in [0.717, 1.165) is 11.5 Å². The van der Waals surface area contributed by atoms with Gasteiger partial charge in [0.1, 0.15) is 0 Å². The van der Waals surface area contributed by atoms with Gasteiger partial charge in [-0.25, -0.2) is 9.37 Å². The van der Waals surface area contributed by atoms with E-state index < -0.39 is 5.63 Å². The van der Waals surface area contributed by atoms with Crippen molar-refractivity contribution >= 4 is 34.7 Å². The van der Waals surface area contributed by atoms with Crippen LogP contribution in [0.15, 0.2) is 0 Å². The molecule has 0 fully saturated rings. The highest BCUT2D eigenvalue weighted by Gasteiger charge is 2.10. The van der Waals surface area contributed by atoms with Crippen molar-refractivity contribution in [2.45, 2.75) is 5.63 Å². The molecular weight excluding hydrogens is 186 g/mol. The molecule has 2 nitrogen and oxygen atoms in total. The first-order valence-corrected chi connectivity index (χ1v) is 3.56. The van der Waals surface area contributed by atoms with Crippen LogP contribution in [0.5, 0.6) is 0 Å². The molecule has 50 valence electrons. The zero-order valence-corrected chi connectivity index (χ0v) is 6.34. The van der Waals surface area contributed by atoms with Crippen LogP contribution < -0.4 is 0 Å². The molecule has 0 radical (unpaired) electrons. The second-order valence-corrected chi connectivity index (χ2v) is 2.92. The molecule has 0 amide bonds. The SMILES string of the molecule is FC(Cl)c1nsc(Cl)n1. The molecule has 0 aliphatic carbocycles. The van der Waals surface area contributed by atoms with Crippen LogP contribution >= 0.6 is 34.7 Å². The summed E-state index contributed by atoms with van der Waals surface area (Å²) in [6.45, 7) is 0. The third-order valence-electron chi connectivity index (χ3n) is 0.612. The van der Waals surface area contributed by atoms with Gasteiger partial charge in [0.25, 0.3) is 0 Å². The molecule has 1 aromatic rings. The number of alkyl halides is 2. The number of rotatable bonds is 1. The fourth-order valence-electron chi connectivity index (χ4n) is 0.304. The maximum atomic E-state index is 12.0. The van der Waals surface area contributed by atoms with E-state index in [-0.39, 0.29) is 10.3 Å². The number of halogens is 3. The molecule has 0 saturated carbocycles. The molecule has 1 aromatic heterocycles. The summed E-state index contributed by atoms with van der Waals surface area (Å²) in [5, 5.41) is 0. The maximum absolute atomic E-state index is 12.0. The van der Waals surface area contributed by atoms with Gasteiger partial charge in [0.2, 0.25) is 10.1 Å². The standard InChI is InChI=1S/C3HCl2FN2S/c4-1(6)2-7-3(5)9-8-2/h1H. The van der Waals surface area contributed by atoms with Crippen LogP contribution in [0, 0.1) is 0 Å². The normalized spacial score (nSPS) is 13.7. The highest BCUT2D eigenvalue weighted by molar-refractivity contribution is 7.10. The molecule has 9 heavy (non-hydrogen) atoms. The Balaban J connectivity index is 2.85. The Bertz CT molecular complexity index is 201. The van der Waals surface area contributed by atoms with Crippen LogP contribution in [0.4, 0.5) is 4.39 Å². The number of aromatic nitrogens is 2. The highest BCUT2D eigenvalue weighted by atomic mass is 35.5. The topological polar surface area (TPSA) is 25.8 Å². The lowest BCUT2D eigenvalue weighted by Crippen LogP contribution is -1.83. The van der Waals surface area contributed by atoms with Gasteiger partial charge in [-0.1, -0.05) is 11.6 Å². The summed E-state index contributed by atoms with van der Waals surface area (Å²) in [6.07, 6.45) is 0. The average Bonchev–Trinajstić information content (AvgIpc) is 2.14. The van der Waals surface area contributed by atoms with Crippen LogP contribution in [-0.2, 0) is 0 Å². The van der Waals surface area contributed by atoms with Gasteiger partial charge in [-0.15, -0.1) is 0 Å². The molecule has 0 aromatic carbocycles. The second kappa shape index (κ2) is 2.77. The summed E-state index contributed by atoms with van der Waals surface area (Å²) in [7, 11) is 0. The maximum Gasteiger partial charge on any atom is 0.233 e. The minimum atomic E-state index is -1.64. The van der Waals surface area contributed by atoms with Gasteiger partial charge in [-0.2, -0.15) is 4.37 Å². The molecule has 1 unspecified atom stereocenters. The monoisotopic (exact) mass is 186 g/mol.